The van der Waals surface area contributed by atoms with Gasteiger partial charge in [-0.3, -0.25) is 9.48 Å². The first-order chi connectivity index (χ1) is 11.9. The van der Waals surface area contributed by atoms with Crippen LogP contribution in [0.5, 0.6) is 0 Å². The number of anilines is 1. The first-order valence-corrected chi connectivity index (χ1v) is 8.23. The summed E-state index contributed by atoms with van der Waals surface area (Å²) in [6.45, 7) is 2.04. The smallest absolute Gasteiger partial charge is 0.256 e. The van der Waals surface area contributed by atoms with Crippen LogP contribution in [-0.2, 0) is 6.54 Å². The van der Waals surface area contributed by atoms with Crippen LogP contribution in [-0.4, -0.2) is 15.7 Å². The Balaban J connectivity index is 1.78. The molecule has 4 nitrogen and oxygen atoms in total. The second-order valence-electron chi connectivity index (χ2n) is 5.54. The number of benzene rings is 2. The van der Waals surface area contributed by atoms with E-state index in [1.807, 2.05) is 19.1 Å². The third-order valence-corrected chi connectivity index (χ3v) is 4.28. The van der Waals surface area contributed by atoms with E-state index in [4.69, 9.17) is 23.2 Å². The van der Waals surface area contributed by atoms with Crippen LogP contribution in [0.2, 0.25) is 10.0 Å². The van der Waals surface area contributed by atoms with Crippen molar-refractivity contribution in [3.8, 4) is 0 Å². The van der Waals surface area contributed by atoms with E-state index in [2.05, 4.69) is 10.4 Å². The van der Waals surface area contributed by atoms with Crippen molar-refractivity contribution >= 4 is 34.9 Å². The van der Waals surface area contributed by atoms with E-state index < -0.39 is 5.82 Å². The van der Waals surface area contributed by atoms with E-state index in [0.29, 0.717) is 16.1 Å². The Morgan fingerprint density at radius 3 is 2.56 bits per heavy atom. The zero-order valence-electron chi connectivity index (χ0n) is 13.3. The Morgan fingerprint density at radius 1 is 1.16 bits per heavy atom. The summed E-state index contributed by atoms with van der Waals surface area (Å²) < 4.78 is 15.3. The normalized spacial score (nSPS) is 10.7. The second kappa shape index (κ2) is 7.25. The van der Waals surface area contributed by atoms with Gasteiger partial charge in [0.15, 0.2) is 5.82 Å². The number of nitrogens with zero attached hydrogens (tertiary/aromatic N) is 2. The summed E-state index contributed by atoms with van der Waals surface area (Å²) in [5.41, 5.74) is 1.86. The lowest BCUT2D eigenvalue weighted by atomic mass is 10.1. The molecular weight excluding hydrogens is 364 g/mol. The molecule has 128 valence electrons. The monoisotopic (exact) mass is 377 g/mol. The average Bonchev–Trinajstić information content (AvgIpc) is 2.91. The Morgan fingerprint density at radius 2 is 1.88 bits per heavy atom. The molecule has 0 radical (unpaired) electrons. The van der Waals surface area contributed by atoms with Gasteiger partial charge in [0.25, 0.3) is 5.91 Å². The fraction of sp³-hybridized carbons (Fsp3) is 0.111. The van der Waals surface area contributed by atoms with Crippen molar-refractivity contribution in [1.29, 1.82) is 0 Å². The number of carbonyl (C=O) groups excluding carboxylic acids is 1. The van der Waals surface area contributed by atoms with Gasteiger partial charge in [0.05, 0.1) is 6.54 Å². The van der Waals surface area contributed by atoms with Gasteiger partial charge < -0.3 is 5.32 Å². The van der Waals surface area contributed by atoms with E-state index >= 15 is 0 Å². The summed E-state index contributed by atoms with van der Waals surface area (Å²) in [4.78, 5) is 12.3. The van der Waals surface area contributed by atoms with E-state index in [1.54, 1.807) is 18.2 Å². The molecule has 0 saturated heterocycles. The topological polar surface area (TPSA) is 46.9 Å². The highest BCUT2D eigenvalue weighted by Gasteiger charge is 2.14. The fourth-order valence-electron chi connectivity index (χ4n) is 2.29. The standard InChI is InChI=1S/C18H14Cl2FN3O/c1-11-5-7-12(8-6-11)18(25)22-17-15(20)10-24(23-17)9-13-14(19)3-2-4-16(13)21/h2-8,10H,9H2,1H3,(H,22,23,25). The molecule has 0 aliphatic rings. The number of carbonyl (C=O) groups is 1. The van der Waals surface area contributed by atoms with Gasteiger partial charge >= 0.3 is 0 Å². The Hall–Kier alpha value is -2.37. The third kappa shape index (κ3) is 4.00. The molecule has 0 fully saturated rings. The number of aryl methyl sites for hydroxylation is 1. The van der Waals surface area contributed by atoms with E-state index in [0.717, 1.165) is 5.56 Å². The second-order valence-corrected chi connectivity index (χ2v) is 6.36. The van der Waals surface area contributed by atoms with Gasteiger partial charge in [0.1, 0.15) is 10.8 Å². The van der Waals surface area contributed by atoms with Crippen LogP contribution in [0, 0.1) is 12.7 Å². The molecule has 1 heterocycles. The molecule has 0 atom stereocenters. The maximum atomic E-state index is 13.9. The van der Waals surface area contributed by atoms with Crippen molar-refractivity contribution in [3.63, 3.8) is 0 Å². The first-order valence-electron chi connectivity index (χ1n) is 7.48. The molecule has 3 aromatic rings. The molecule has 7 heteroatoms. The Bertz CT molecular complexity index is 902. The van der Waals surface area contributed by atoms with E-state index in [-0.39, 0.29) is 23.3 Å². The van der Waals surface area contributed by atoms with Crippen molar-refractivity contribution in [2.24, 2.45) is 0 Å². The van der Waals surface area contributed by atoms with Gasteiger partial charge in [-0.2, -0.15) is 5.10 Å². The molecule has 0 aliphatic heterocycles. The minimum absolute atomic E-state index is 0.103. The van der Waals surface area contributed by atoms with Crippen LogP contribution >= 0.6 is 23.2 Å². The number of aromatic nitrogens is 2. The van der Waals surface area contributed by atoms with E-state index in [9.17, 15) is 9.18 Å². The van der Waals surface area contributed by atoms with Gasteiger partial charge in [-0.15, -0.1) is 0 Å². The summed E-state index contributed by atoms with van der Waals surface area (Å²) in [6, 6.07) is 11.6. The SMILES string of the molecule is Cc1ccc(C(=O)Nc2nn(Cc3c(F)cccc3Cl)cc2Cl)cc1. The van der Waals surface area contributed by atoms with Crippen molar-refractivity contribution < 1.29 is 9.18 Å². The molecule has 1 N–H and O–H groups in total. The van der Waals surface area contributed by atoms with Crippen LogP contribution in [0.4, 0.5) is 10.2 Å². The first kappa shape index (κ1) is 17.5. The number of amides is 1. The van der Waals surface area contributed by atoms with Crippen molar-refractivity contribution in [1.82, 2.24) is 9.78 Å². The Kier molecular flexibility index (Phi) is 5.06. The highest BCUT2D eigenvalue weighted by molar-refractivity contribution is 6.33. The summed E-state index contributed by atoms with van der Waals surface area (Å²) in [5.74, 6) is -0.542. The number of hydrogen-bond donors (Lipinski definition) is 1. The van der Waals surface area contributed by atoms with Gasteiger partial charge in [-0.05, 0) is 31.2 Å². The summed E-state index contributed by atoms with van der Waals surface area (Å²) in [6.07, 6.45) is 1.51. The lowest BCUT2D eigenvalue weighted by molar-refractivity contribution is 0.102. The van der Waals surface area contributed by atoms with Gasteiger partial charge in [0.2, 0.25) is 0 Å². The molecule has 1 amide bonds. The molecule has 0 aliphatic carbocycles. The van der Waals surface area contributed by atoms with Crippen LogP contribution in [0.25, 0.3) is 0 Å². The average molecular weight is 378 g/mol. The summed E-state index contributed by atoms with van der Waals surface area (Å²) in [5, 5.41) is 7.41. The number of hydrogen-bond acceptors (Lipinski definition) is 2. The molecule has 2 aromatic carbocycles. The highest BCUT2D eigenvalue weighted by Crippen LogP contribution is 2.24. The van der Waals surface area contributed by atoms with Crippen LogP contribution < -0.4 is 5.32 Å². The zero-order chi connectivity index (χ0) is 18.0. The van der Waals surface area contributed by atoms with Crippen molar-refractivity contribution in [3.05, 3.63) is 81.2 Å². The van der Waals surface area contributed by atoms with Crippen molar-refractivity contribution in [2.45, 2.75) is 13.5 Å². The lowest BCUT2D eigenvalue weighted by Crippen LogP contribution is -2.13. The number of nitrogens with one attached hydrogen (secondary N) is 1. The minimum atomic E-state index is -0.427. The van der Waals surface area contributed by atoms with Gasteiger partial charge in [-0.25, -0.2) is 4.39 Å². The molecule has 0 bridgehead atoms. The fourth-order valence-corrected chi connectivity index (χ4v) is 2.71. The molecule has 1 aromatic heterocycles. The van der Waals surface area contributed by atoms with Crippen LogP contribution in [0.3, 0.4) is 0 Å². The quantitative estimate of drug-likeness (QED) is 0.699. The predicted molar refractivity (Wildman–Crippen MR) is 96.9 cm³/mol. The van der Waals surface area contributed by atoms with Gasteiger partial charge in [0, 0.05) is 22.3 Å². The zero-order valence-corrected chi connectivity index (χ0v) is 14.8. The molecule has 0 spiro atoms. The third-order valence-electron chi connectivity index (χ3n) is 3.64. The summed E-state index contributed by atoms with van der Waals surface area (Å²) >= 11 is 12.1. The molecule has 0 unspecified atom stereocenters. The van der Waals surface area contributed by atoms with Crippen molar-refractivity contribution in [2.75, 3.05) is 5.32 Å². The maximum Gasteiger partial charge on any atom is 0.256 e. The highest BCUT2D eigenvalue weighted by atomic mass is 35.5. The molecule has 25 heavy (non-hydrogen) atoms. The van der Waals surface area contributed by atoms with Crippen LogP contribution in [0.15, 0.2) is 48.7 Å². The predicted octanol–water partition coefficient (Wildman–Crippen LogP) is 4.94. The maximum absolute atomic E-state index is 13.9. The van der Waals surface area contributed by atoms with Gasteiger partial charge in [-0.1, -0.05) is 47.0 Å². The molecule has 0 saturated carbocycles. The molecule has 3 rings (SSSR count). The minimum Gasteiger partial charge on any atom is -0.304 e. The largest absolute Gasteiger partial charge is 0.304 e. The van der Waals surface area contributed by atoms with E-state index in [1.165, 1.54) is 23.0 Å². The Labute approximate surface area is 154 Å². The lowest BCUT2D eigenvalue weighted by Gasteiger charge is -2.06. The summed E-state index contributed by atoms with van der Waals surface area (Å²) in [7, 11) is 0. The number of rotatable bonds is 4. The number of halogens is 3. The van der Waals surface area contributed by atoms with Crippen LogP contribution in [0.1, 0.15) is 21.5 Å². The molecular formula is C18H14Cl2FN3O.